The SMILES string of the molecule is CCCCCCOc1ccc2c(c1)C(=O)c1ccc(CCC3(NC(=O)O)COC(C)(C)OC3)cc1-2. The second-order valence-electron chi connectivity index (χ2n) is 10.0. The summed E-state index contributed by atoms with van der Waals surface area (Å²) >= 11 is 0. The van der Waals surface area contributed by atoms with Gasteiger partial charge in [0.2, 0.25) is 0 Å². The predicted molar refractivity (Wildman–Crippen MR) is 133 cm³/mol. The highest BCUT2D eigenvalue weighted by Crippen LogP contribution is 2.39. The van der Waals surface area contributed by atoms with Gasteiger partial charge in [-0.2, -0.15) is 0 Å². The van der Waals surface area contributed by atoms with Gasteiger partial charge in [-0.25, -0.2) is 4.79 Å². The predicted octanol–water partition coefficient (Wildman–Crippen LogP) is 5.58. The van der Waals surface area contributed by atoms with Crippen molar-refractivity contribution >= 4 is 11.9 Å². The van der Waals surface area contributed by atoms with Crippen molar-refractivity contribution in [2.75, 3.05) is 19.8 Å². The quantitative estimate of drug-likeness (QED) is 0.367. The first-order valence-corrected chi connectivity index (χ1v) is 12.5. The molecule has 188 valence electrons. The third kappa shape index (κ3) is 5.85. The molecule has 0 bridgehead atoms. The van der Waals surface area contributed by atoms with Crippen LogP contribution < -0.4 is 10.1 Å². The molecule has 1 amide bonds. The number of amides is 1. The molecule has 7 nitrogen and oxygen atoms in total. The zero-order valence-corrected chi connectivity index (χ0v) is 20.8. The molecule has 0 spiro atoms. The molecule has 2 N–H and O–H groups in total. The number of carbonyl (C=O) groups excluding carboxylic acids is 1. The lowest BCUT2D eigenvalue weighted by Gasteiger charge is -2.43. The lowest BCUT2D eigenvalue weighted by molar-refractivity contribution is -0.271. The summed E-state index contributed by atoms with van der Waals surface area (Å²) in [6.07, 6.45) is 4.57. The van der Waals surface area contributed by atoms with Gasteiger partial charge in [-0.05, 0) is 68.0 Å². The summed E-state index contributed by atoms with van der Waals surface area (Å²) in [4.78, 5) is 24.5. The van der Waals surface area contributed by atoms with Crippen LogP contribution in [0.25, 0.3) is 11.1 Å². The van der Waals surface area contributed by atoms with Crippen molar-refractivity contribution in [3.05, 3.63) is 53.1 Å². The minimum absolute atomic E-state index is 0.0123. The molecule has 2 aromatic carbocycles. The lowest BCUT2D eigenvalue weighted by atomic mass is 9.90. The van der Waals surface area contributed by atoms with Crippen LogP contribution in [-0.2, 0) is 15.9 Å². The summed E-state index contributed by atoms with van der Waals surface area (Å²) in [7, 11) is 0. The summed E-state index contributed by atoms with van der Waals surface area (Å²) in [5.74, 6) is 0.00111. The van der Waals surface area contributed by atoms with Gasteiger partial charge in [0.05, 0.1) is 25.4 Å². The Balaban J connectivity index is 1.46. The van der Waals surface area contributed by atoms with E-state index in [0.29, 0.717) is 30.6 Å². The van der Waals surface area contributed by atoms with Gasteiger partial charge < -0.3 is 24.6 Å². The summed E-state index contributed by atoms with van der Waals surface area (Å²) in [5.41, 5.74) is 3.38. The fourth-order valence-corrected chi connectivity index (χ4v) is 4.66. The van der Waals surface area contributed by atoms with E-state index in [-0.39, 0.29) is 19.0 Å². The number of ether oxygens (including phenoxy) is 3. The molecule has 35 heavy (non-hydrogen) atoms. The Morgan fingerprint density at radius 3 is 2.46 bits per heavy atom. The van der Waals surface area contributed by atoms with E-state index in [2.05, 4.69) is 12.2 Å². The highest BCUT2D eigenvalue weighted by atomic mass is 16.7. The van der Waals surface area contributed by atoms with Gasteiger partial charge in [-0.3, -0.25) is 4.79 Å². The van der Waals surface area contributed by atoms with Crippen LogP contribution in [0.1, 0.15) is 74.4 Å². The maximum atomic E-state index is 13.0. The average Bonchev–Trinajstić information content (AvgIpc) is 3.10. The molecule has 2 aromatic rings. The van der Waals surface area contributed by atoms with Crippen LogP contribution in [0.5, 0.6) is 5.75 Å². The van der Waals surface area contributed by atoms with Crippen LogP contribution in [0.2, 0.25) is 0 Å². The topological polar surface area (TPSA) is 94.1 Å². The first kappa shape index (κ1) is 25.2. The first-order valence-electron chi connectivity index (χ1n) is 12.5. The third-order valence-corrected chi connectivity index (χ3v) is 6.78. The van der Waals surface area contributed by atoms with E-state index >= 15 is 0 Å². The van der Waals surface area contributed by atoms with Gasteiger partial charge in [0.1, 0.15) is 5.75 Å². The molecule has 0 unspecified atom stereocenters. The molecule has 7 heteroatoms. The number of aryl methyl sites for hydroxylation is 1. The number of rotatable bonds is 10. The Kier molecular flexibility index (Phi) is 7.47. The van der Waals surface area contributed by atoms with E-state index < -0.39 is 17.4 Å². The largest absolute Gasteiger partial charge is 0.494 e. The smallest absolute Gasteiger partial charge is 0.405 e. The lowest BCUT2D eigenvalue weighted by Crippen LogP contribution is -2.61. The molecular formula is C28H35NO6. The number of unbranched alkanes of at least 4 members (excludes halogenated alkanes) is 3. The van der Waals surface area contributed by atoms with Crippen LogP contribution in [0, 0.1) is 0 Å². The Morgan fingerprint density at radius 2 is 1.74 bits per heavy atom. The Labute approximate surface area is 206 Å². The minimum atomic E-state index is -1.10. The third-order valence-electron chi connectivity index (χ3n) is 6.78. The van der Waals surface area contributed by atoms with E-state index in [1.807, 2.05) is 50.2 Å². The number of hydrogen-bond acceptors (Lipinski definition) is 5. The van der Waals surface area contributed by atoms with Gasteiger partial charge >= 0.3 is 6.09 Å². The summed E-state index contributed by atoms with van der Waals surface area (Å²) < 4.78 is 17.4. The average molecular weight is 482 g/mol. The molecule has 1 fully saturated rings. The molecule has 1 saturated heterocycles. The standard InChI is InChI=1S/C28H35NO6/c1-4-5-6-7-14-33-20-9-11-21-23-15-19(8-10-22(23)25(30)24(21)16-20)12-13-28(29-26(31)32)17-34-27(2,3)35-18-28/h8-11,15-16,29H,4-7,12-14,17-18H2,1-3H3,(H,31,32). The molecule has 2 aliphatic rings. The van der Waals surface area contributed by atoms with Gasteiger partial charge in [-0.1, -0.05) is 44.4 Å². The second-order valence-corrected chi connectivity index (χ2v) is 10.0. The van der Waals surface area contributed by atoms with Crippen LogP contribution in [0.3, 0.4) is 0 Å². The van der Waals surface area contributed by atoms with Crippen molar-refractivity contribution in [1.29, 1.82) is 0 Å². The fraction of sp³-hybridized carbons (Fsp3) is 0.500. The monoisotopic (exact) mass is 481 g/mol. The van der Waals surface area contributed by atoms with Crippen LogP contribution >= 0.6 is 0 Å². The van der Waals surface area contributed by atoms with E-state index in [0.717, 1.165) is 35.3 Å². The van der Waals surface area contributed by atoms with Crippen molar-refractivity contribution in [3.63, 3.8) is 0 Å². The number of carbonyl (C=O) groups is 2. The van der Waals surface area contributed by atoms with Crippen molar-refractivity contribution in [2.24, 2.45) is 0 Å². The van der Waals surface area contributed by atoms with Crippen LogP contribution in [0.15, 0.2) is 36.4 Å². The van der Waals surface area contributed by atoms with Gasteiger partial charge in [0.25, 0.3) is 0 Å². The van der Waals surface area contributed by atoms with Crippen LogP contribution in [-0.4, -0.2) is 48.1 Å². The van der Waals surface area contributed by atoms with E-state index in [4.69, 9.17) is 14.2 Å². The highest BCUT2D eigenvalue weighted by Gasteiger charge is 2.41. The van der Waals surface area contributed by atoms with Gasteiger partial charge in [0, 0.05) is 11.1 Å². The van der Waals surface area contributed by atoms with Crippen LogP contribution in [0.4, 0.5) is 4.79 Å². The van der Waals surface area contributed by atoms with Crippen molar-refractivity contribution in [3.8, 4) is 16.9 Å². The Bertz CT molecular complexity index is 1080. The van der Waals surface area contributed by atoms with E-state index in [1.165, 1.54) is 12.8 Å². The highest BCUT2D eigenvalue weighted by molar-refractivity contribution is 6.21. The summed E-state index contributed by atoms with van der Waals surface area (Å²) in [6, 6.07) is 11.6. The number of hydrogen-bond donors (Lipinski definition) is 2. The molecule has 0 aromatic heterocycles. The molecule has 1 aliphatic carbocycles. The number of benzene rings is 2. The van der Waals surface area contributed by atoms with Crippen molar-refractivity contribution < 1.29 is 28.9 Å². The minimum Gasteiger partial charge on any atom is -0.494 e. The zero-order chi connectivity index (χ0) is 25.1. The first-order chi connectivity index (χ1) is 16.7. The maximum Gasteiger partial charge on any atom is 0.405 e. The van der Waals surface area contributed by atoms with Gasteiger partial charge in [0.15, 0.2) is 11.6 Å². The molecular weight excluding hydrogens is 446 g/mol. The number of ketones is 1. The van der Waals surface area contributed by atoms with E-state index in [1.54, 1.807) is 0 Å². The molecule has 4 rings (SSSR count). The molecule has 1 heterocycles. The Morgan fingerprint density at radius 1 is 1.00 bits per heavy atom. The van der Waals surface area contributed by atoms with E-state index in [9.17, 15) is 14.7 Å². The normalized spacial score (nSPS) is 17.5. The molecule has 0 saturated carbocycles. The second kappa shape index (κ2) is 10.4. The molecule has 0 atom stereocenters. The van der Waals surface area contributed by atoms with Crippen molar-refractivity contribution in [2.45, 2.75) is 70.6 Å². The van der Waals surface area contributed by atoms with Gasteiger partial charge in [-0.15, -0.1) is 0 Å². The summed E-state index contributed by atoms with van der Waals surface area (Å²) in [5, 5.41) is 12.0. The number of nitrogens with one attached hydrogen (secondary N) is 1. The fourth-order valence-electron chi connectivity index (χ4n) is 4.66. The maximum absolute atomic E-state index is 13.0. The van der Waals surface area contributed by atoms with Crippen molar-refractivity contribution in [1.82, 2.24) is 5.32 Å². The zero-order valence-electron chi connectivity index (χ0n) is 20.8. The number of fused-ring (bicyclic) bond motifs is 3. The summed E-state index contributed by atoms with van der Waals surface area (Å²) in [6.45, 7) is 6.94. The Hall–Kier alpha value is -2.90. The number of carboxylic acid groups (broad SMARTS) is 1. The molecule has 0 radical (unpaired) electrons. The molecule has 1 aliphatic heterocycles.